The van der Waals surface area contributed by atoms with Gasteiger partial charge in [-0.1, -0.05) is 13.2 Å². The summed E-state index contributed by atoms with van der Waals surface area (Å²) in [4.78, 5) is 52.1. The minimum atomic E-state index is -0.826. The van der Waals surface area contributed by atoms with Crippen LogP contribution in [0.1, 0.15) is 31.3 Å². The molecule has 0 radical (unpaired) electrons. The number of amides is 3. The zero-order chi connectivity index (χ0) is 25.6. The van der Waals surface area contributed by atoms with Crippen LogP contribution in [0.5, 0.6) is 0 Å². The molecule has 0 aliphatic heterocycles. The van der Waals surface area contributed by atoms with Gasteiger partial charge in [-0.15, -0.1) is 0 Å². The fraction of sp³-hybridized carbons (Fsp3) is 0.261. The molecule has 0 spiro atoms. The van der Waals surface area contributed by atoms with E-state index in [4.69, 9.17) is 4.74 Å². The molecule has 1 aromatic carbocycles. The first-order chi connectivity index (χ1) is 15.8. The summed E-state index contributed by atoms with van der Waals surface area (Å²) in [5, 5.41) is 7.13. The van der Waals surface area contributed by atoms with Crippen LogP contribution in [-0.2, 0) is 26.1 Å². The smallest absolute Gasteiger partial charge is 0.412 e. The first-order valence-corrected chi connectivity index (χ1v) is 10.0. The van der Waals surface area contributed by atoms with Crippen LogP contribution >= 0.6 is 0 Å². The Bertz CT molecular complexity index is 1140. The molecule has 1 aromatic heterocycles. The molecule has 0 atom stereocenters. The Morgan fingerprint density at radius 2 is 1.62 bits per heavy atom. The van der Waals surface area contributed by atoms with Gasteiger partial charge >= 0.3 is 12.1 Å². The number of nitrogens with one attached hydrogen (secondary N) is 3. The van der Waals surface area contributed by atoms with Crippen LogP contribution in [0.25, 0.3) is 11.4 Å². The van der Waals surface area contributed by atoms with E-state index in [0.29, 0.717) is 17.1 Å². The average molecular weight is 469 g/mol. The van der Waals surface area contributed by atoms with Crippen LogP contribution < -0.4 is 16.0 Å². The maximum Gasteiger partial charge on any atom is 0.412 e. The number of esters is 1. The van der Waals surface area contributed by atoms with Crippen molar-refractivity contribution in [1.29, 1.82) is 0 Å². The van der Waals surface area contributed by atoms with Gasteiger partial charge in [0, 0.05) is 24.5 Å². The summed E-state index contributed by atoms with van der Waals surface area (Å²) in [5.41, 5.74) is 0.0276. The van der Waals surface area contributed by atoms with Gasteiger partial charge in [-0.05, 0) is 45.0 Å². The number of carbonyl (C=O) groups excluding carboxylic acids is 4. The minimum Gasteiger partial charge on any atom is -0.464 e. The summed E-state index contributed by atoms with van der Waals surface area (Å²) in [5.74, 6) is -1.85. The Morgan fingerprint density at radius 1 is 1.00 bits per heavy atom. The van der Waals surface area contributed by atoms with Crippen LogP contribution in [0, 0.1) is 0 Å². The molecule has 3 amide bonds. The van der Waals surface area contributed by atoms with Gasteiger partial charge in [-0.2, -0.15) is 0 Å². The number of rotatable bonds is 7. The molecular weight excluding hydrogens is 442 g/mol. The summed E-state index contributed by atoms with van der Waals surface area (Å²) < 4.78 is 11.3. The van der Waals surface area contributed by atoms with Gasteiger partial charge in [0.05, 0.1) is 12.8 Å². The van der Waals surface area contributed by atoms with Crippen molar-refractivity contribution in [1.82, 2.24) is 20.2 Å². The Balaban J connectivity index is 2.05. The number of benzene rings is 1. The third-order valence-corrected chi connectivity index (χ3v) is 4.13. The number of carbonyl (C=O) groups is 4. The lowest BCUT2D eigenvalue weighted by Crippen LogP contribution is -2.35. The van der Waals surface area contributed by atoms with E-state index >= 15 is 0 Å². The second kappa shape index (κ2) is 10.5. The van der Waals surface area contributed by atoms with Crippen LogP contribution in [0.2, 0.25) is 0 Å². The number of imidazole rings is 1. The van der Waals surface area contributed by atoms with E-state index in [-0.39, 0.29) is 17.1 Å². The van der Waals surface area contributed by atoms with Gasteiger partial charge in [0.25, 0.3) is 11.8 Å². The van der Waals surface area contributed by atoms with Crippen molar-refractivity contribution in [3.63, 3.8) is 0 Å². The Labute approximate surface area is 196 Å². The summed E-state index contributed by atoms with van der Waals surface area (Å²) in [7, 11) is 2.84. The van der Waals surface area contributed by atoms with E-state index in [2.05, 4.69) is 38.8 Å². The zero-order valence-electron chi connectivity index (χ0n) is 19.6. The van der Waals surface area contributed by atoms with Gasteiger partial charge in [-0.3, -0.25) is 14.9 Å². The summed E-state index contributed by atoms with van der Waals surface area (Å²) >= 11 is 0. The minimum absolute atomic E-state index is 0.0363. The highest BCUT2D eigenvalue weighted by Gasteiger charge is 2.19. The molecule has 180 valence electrons. The first kappa shape index (κ1) is 25.8. The van der Waals surface area contributed by atoms with Crippen molar-refractivity contribution >= 4 is 29.6 Å². The second-order valence-electron chi connectivity index (χ2n) is 8.12. The monoisotopic (exact) mass is 469 g/mol. The van der Waals surface area contributed by atoms with Gasteiger partial charge in [-0.25, -0.2) is 14.6 Å². The molecule has 0 saturated heterocycles. The number of aryl methyl sites for hydroxylation is 1. The first-order valence-electron chi connectivity index (χ1n) is 10.0. The van der Waals surface area contributed by atoms with E-state index in [0.717, 1.165) is 7.11 Å². The molecule has 34 heavy (non-hydrogen) atoms. The topological polar surface area (TPSA) is 141 Å². The SMILES string of the molecule is C=C(NC(=O)c1cn(C)c(-c2ccc(NC(=O)OC(C)(C)C)cc2)n1)C(=O)NC(=C)C(=O)OC. The van der Waals surface area contributed by atoms with Gasteiger partial charge in [0.15, 0.2) is 0 Å². The van der Waals surface area contributed by atoms with Gasteiger partial charge in [0.1, 0.15) is 22.8 Å². The molecule has 2 rings (SSSR count). The molecule has 1 heterocycles. The van der Waals surface area contributed by atoms with Crippen molar-refractivity contribution in [3.8, 4) is 11.4 Å². The lowest BCUT2D eigenvalue weighted by molar-refractivity contribution is -0.137. The maximum absolute atomic E-state index is 12.5. The number of nitrogens with zero attached hydrogens (tertiary/aromatic N) is 2. The van der Waals surface area contributed by atoms with E-state index < -0.39 is 29.5 Å². The quantitative estimate of drug-likeness (QED) is 0.418. The van der Waals surface area contributed by atoms with Crippen LogP contribution in [0.15, 0.2) is 55.0 Å². The normalized spacial score (nSPS) is 10.6. The van der Waals surface area contributed by atoms with Crippen molar-refractivity contribution in [2.24, 2.45) is 7.05 Å². The summed E-state index contributed by atoms with van der Waals surface area (Å²) in [6.07, 6.45) is 0.909. The third kappa shape index (κ3) is 7.05. The Morgan fingerprint density at radius 3 is 2.18 bits per heavy atom. The number of anilines is 1. The number of hydrogen-bond acceptors (Lipinski definition) is 7. The fourth-order valence-electron chi connectivity index (χ4n) is 2.61. The molecule has 11 heteroatoms. The lowest BCUT2D eigenvalue weighted by atomic mass is 10.2. The zero-order valence-corrected chi connectivity index (χ0v) is 19.6. The Kier molecular flexibility index (Phi) is 7.96. The average Bonchev–Trinajstić information content (AvgIpc) is 3.13. The van der Waals surface area contributed by atoms with Gasteiger partial charge < -0.3 is 24.7 Å². The van der Waals surface area contributed by atoms with Gasteiger partial charge in [0.2, 0.25) is 0 Å². The summed E-state index contributed by atoms with van der Waals surface area (Å²) in [6.45, 7) is 12.2. The molecule has 2 aromatic rings. The third-order valence-electron chi connectivity index (χ3n) is 4.13. The second-order valence-corrected chi connectivity index (χ2v) is 8.12. The summed E-state index contributed by atoms with van der Waals surface area (Å²) in [6, 6.07) is 6.80. The predicted molar refractivity (Wildman–Crippen MR) is 124 cm³/mol. The largest absolute Gasteiger partial charge is 0.464 e. The van der Waals surface area contributed by atoms with Crippen molar-refractivity contribution in [2.75, 3.05) is 12.4 Å². The molecule has 0 unspecified atom stereocenters. The lowest BCUT2D eigenvalue weighted by Gasteiger charge is -2.19. The molecule has 11 nitrogen and oxygen atoms in total. The number of methoxy groups -OCH3 is 1. The standard InChI is InChI=1S/C23H27N5O6/c1-13(19(29)25-14(2)21(31)33-7)24-20(30)17-12-28(6)18(27-17)15-8-10-16(11-9-15)26-22(32)34-23(3,4)5/h8-12H,1-2H2,3-7H3,(H,24,30)(H,25,29)(H,26,32). The molecule has 0 aliphatic carbocycles. The van der Waals surface area contributed by atoms with E-state index in [9.17, 15) is 19.2 Å². The highest BCUT2D eigenvalue weighted by Crippen LogP contribution is 2.21. The highest BCUT2D eigenvalue weighted by molar-refractivity contribution is 6.04. The predicted octanol–water partition coefficient (Wildman–Crippen LogP) is 2.48. The maximum atomic E-state index is 12.5. The number of aromatic nitrogens is 2. The molecule has 0 fully saturated rings. The van der Waals surface area contributed by atoms with Crippen LogP contribution in [0.3, 0.4) is 0 Å². The molecule has 0 saturated carbocycles. The fourth-order valence-corrected chi connectivity index (χ4v) is 2.61. The van der Waals surface area contributed by atoms with Crippen molar-refractivity contribution in [2.45, 2.75) is 26.4 Å². The highest BCUT2D eigenvalue weighted by atomic mass is 16.6. The van der Waals surface area contributed by atoms with Crippen molar-refractivity contribution < 1.29 is 28.7 Å². The van der Waals surface area contributed by atoms with E-state index in [1.807, 2.05) is 0 Å². The van der Waals surface area contributed by atoms with Crippen LogP contribution in [-0.4, -0.2) is 46.1 Å². The molecule has 0 aliphatic rings. The molecule has 0 bridgehead atoms. The van der Waals surface area contributed by atoms with E-state index in [1.165, 1.54) is 6.20 Å². The number of ether oxygens (including phenoxy) is 2. The molecule has 3 N–H and O–H groups in total. The van der Waals surface area contributed by atoms with E-state index in [1.54, 1.807) is 56.7 Å². The molecular formula is C23H27N5O6. The number of hydrogen-bond donors (Lipinski definition) is 3. The van der Waals surface area contributed by atoms with Crippen LogP contribution in [0.4, 0.5) is 10.5 Å². The van der Waals surface area contributed by atoms with Crippen molar-refractivity contribution in [3.05, 3.63) is 60.7 Å². The Hall–Kier alpha value is -4.41.